The Morgan fingerprint density at radius 1 is 1.17 bits per heavy atom. The minimum Gasteiger partial charge on any atom is -0.442 e. The predicted molar refractivity (Wildman–Crippen MR) is 108 cm³/mol. The van der Waals surface area contributed by atoms with Crippen molar-refractivity contribution in [2.24, 2.45) is 5.73 Å². The van der Waals surface area contributed by atoms with Gasteiger partial charge in [0.15, 0.2) is 0 Å². The summed E-state index contributed by atoms with van der Waals surface area (Å²) in [6, 6.07) is 9.74. The van der Waals surface area contributed by atoms with Crippen LogP contribution in [-0.2, 0) is 9.53 Å². The number of anilines is 1. The molecule has 2 rings (SSSR count). The summed E-state index contributed by atoms with van der Waals surface area (Å²) >= 11 is 0. The lowest BCUT2D eigenvalue weighted by atomic mass is 10.1. The molecule has 30 heavy (non-hydrogen) atoms. The molecular formula is C21H24F3N3O3. The molecule has 1 unspecified atom stereocenters. The van der Waals surface area contributed by atoms with Gasteiger partial charge in [-0.3, -0.25) is 4.79 Å². The number of nitrogens with two attached hydrogens (primary N) is 1. The van der Waals surface area contributed by atoms with Gasteiger partial charge in [0, 0.05) is 31.9 Å². The molecule has 1 fully saturated rings. The number of para-hydroxylation sites is 1. The van der Waals surface area contributed by atoms with Gasteiger partial charge in [-0.05, 0) is 18.2 Å². The fraction of sp³-hybridized carbons (Fsp3) is 0.333. The van der Waals surface area contributed by atoms with Gasteiger partial charge in [0.2, 0.25) is 5.91 Å². The molecule has 2 amide bonds. The maximum Gasteiger partial charge on any atom is 0.416 e. The number of primary amides is 1. The highest BCUT2D eigenvalue weighted by molar-refractivity contribution is 5.78. The minimum absolute atomic E-state index is 0.302. The molecule has 1 aromatic carbocycles. The van der Waals surface area contributed by atoms with Crippen LogP contribution in [0.5, 0.6) is 0 Å². The first-order valence-electron chi connectivity index (χ1n) is 9.32. The molecule has 1 aliphatic rings. The van der Waals surface area contributed by atoms with Gasteiger partial charge >= 0.3 is 12.3 Å². The molecule has 9 heteroatoms. The van der Waals surface area contributed by atoms with Crippen LogP contribution in [0.4, 0.5) is 23.7 Å². The van der Waals surface area contributed by atoms with E-state index in [0.29, 0.717) is 26.2 Å². The topological polar surface area (TPSA) is 75.9 Å². The Hall–Kier alpha value is -3.23. The number of ether oxygens (including phenoxy) is 1. The van der Waals surface area contributed by atoms with Crippen molar-refractivity contribution >= 4 is 17.7 Å². The van der Waals surface area contributed by atoms with E-state index in [1.165, 1.54) is 0 Å². The predicted octanol–water partition coefficient (Wildman–Crippen LogP) is 3.42. The standard InChI is InChI=1S/C21H24F3N3O3/c1-2-6-16(21(22,23)24)9-10-18(30-20(25)29)15-19(28)27-13-11-26(12-14-27)17-7-4-3-5-8-17/h2-10,18H,1,11-15H2,(H2,25,29)/b10-9+,16-6+. The van der Waals surface area contributed by atoms with Crippen molar-refractivity contribution in [3.63, 3.8) is 0 Å². The van der Waals surface area contributed by atoms with Crippen LogP contribution >= 0.6 is 0 Å². The molecule has 1 aliphatic heterocycles. The summed E-state index contributed by atoms with van der Waals surface area (Å²) < 4.78 is 43.7. The van der Waals surface area contributed by atoms with E-state index in [1.54, 1.807) is 4.90 Å². The van der Waals surface area contributed by atoms with Crippen molar-refractivity contribution < 1.29 is 27.5 Å². The summed E-state index contributed by atoms with van der Waals surface area (Å²) in [6.45, 7) is 5.38. The van der Waals surface area contributed by atoms with E-state index >= 15 is 0 Å². The van der Waals surface area contributed by atoms with Gasteiger partial charge in [-0.2, -0.15) is 13.2 Å². The maximum atomic E-state index is 13.0. The number of halogens is 3. The van der Waals surface area contributed by atoms with Crippen LogP contribution in [-0.4, -0.2) is 55.4 Å². The van der Waals surface area contributed by atoms with Crippen molar-refractivity contribution in [3.05, 3.63) is 66.8 Å². The highest BCUT2D eigenvalue weighted by Gasteiger charge is 2.32. The number of alkyl halides is 3. The fourth-order valence-corrected chi connectivity index (χ4v) is 3.03. The first-order valence-corrected chi connectivity index (χ1v) is 9.32. The third-order valence-corrected chi connectivity index (χ3v) is 4.51. The third-order valence-electron chi connectivity index (χ3n) is 4.51. The van der Waals surface area contributed by atoms with E-state index in [4.69, 9.17) is 10.5 Å². The van der Waals surface area contributed by atoms with E-state index in [2.05, 4.69) is 11.5 Å². The molecule has 0 saturated carbocycles. The fourth-order valence-electron chi connectivity index (χ4n) is 3.03. The minimum atomic E-state index is -4.61. The molecule has 1 heterocycles. The molecule has 1 atom stereocenters. The van der Waals surface area contributed by atoms with E-state index in [1.807, 2.05) is 30.3 Å². The molecule has 1 aromatic rings. The smallest absolute Gasteiger partial charge is 0.416 e. The molecule has 0 aliphatic carbocycles. The van der Waals surface area contributed by atoms with Crippen LogP contribution in [0.25, 0.3) is 0 Å². The first-order chi connectivity index (χ1) is 14.2. The Kier molecular flexibility index (Phi) is 8.08. The second-order valence-corrected chi connectivity index (χ2v) is 6.60. The van der Waals surface area contributed by atoms with Crippen molar-refractivity contribution in [3.8, 4) is 0 Å². The normalized spacial score (nSPS) is 16.4. The van der Waals surface area contributed by atoms with Crippen molar-refractivity contribution in [2.45, 2.75) is 18.7 Å². The number of amides is 2. The molecule has 1 saturated heterocycles. The molecule has 162 valence electrons. The van der Waals surface area contributed by atoms with Gasteiger partial charge in [0.05, 0.1) is 12.0 Å². The second kappa shape index (κ2) is 10.5. The Balaban J connectivity index is 2.00. The number of rotatable bonds is 7. The van der Waals surface area contributed by atoms with Crippen LogP contribution in [0.2, 0.25) is 0 Å². The average Bonchev–Trinajstić information content (AvgIpc) is 2.70. The molecule has 0 spiro atoms. The maximum absolute atomic E-state index is 13.0. The lowest BCUT2D eigenvalue weighted by molar-refractivity contribution is -0.132. The monoisotopic (exact) mass is 423 g/mol. The van der Waals surface area contributed by atoms with Crippen LogP contribution in [0.1, 0.15) is 6.42 Å². The van der Waals surface area contributed by atoms with Crippen molar-refractivity contribution in [2.75, 3.05) is 31.1 Å². The van der Waals surface area contributed by atoms with Crippen LogP contribution in [0.15, 0.2) is 66.8 Å². The summed E-state index contributed by atoms with van der Waals surface area (Å²) in [5.41, 5.74) is 5.07. The SMILES string of the molecule is C=C/C=C(\C=C\C(CC(=O)N1CCN(c2ccccc2)CC1)OC(N)=O)C(F)(F)F. The Bertz CT molecular complexity index is 799. The zero-order valence-electron chi connectivity index (χ0n) is 16.3. The number of benzene rings is 1. The van der Waals surface area contributed by atoms with E-state index in [-0.39, 0.29) is 12.3 Å². The molecule has 0 radical (unpaired) electrons. The third kappa shape index (κ3) is 6.98. The second-order valence-electron chi connectivity index (χ2n) is 6.60. The van der Waals surface area contributed by atoms with Gasteiger partial charge < -0.3 is 20.3 Å². The van der Waals surface area contributed by atoms with Gasteiger partial charge in [0.1, 0.15) is 6.10 Å². The van der Waals surface area contributed by atoms with E-state index in [0.717, 1.165) is 30.0 Å². The summed E-state index contributed by atoms with van der Waals surface area (Å²) in [6.07, 6.45) is -3.77. The largest absolute Gasteiger partial charge is 0.442 e. The van der Waals surface area contributed by atoms with Gasteiger partial charge in [-0.25, -0.2) is 4.79 Å². The Morgan fingerprint density at radius 3 is 2.33 bits per heavy atom. The Morgan fingerprint density at radius 2 is 1.80 bits per heavy atom. The number of carbonyl (C=O) groups excluding carboxylic acids is 2. The number of piperazine rings is 1. The van der Waals surface area contributed by atoms with Crippen molar-refractivity contribution in [1.29, 1.82) is 0 Å². The lowest BCUT2D eigenvalue weighted by Crippen LogP contribution is -2.49. The lowest BCUT2D eigenvalue weighted by Gasteiger charge is -2.36. The molecule has 0 bridgehead atoms. The van der Waals surface area contributed by atoms with Gasteiger partial charge in [0.25, 0.3) is 0 Å². The van der Waals surface area contributed by atoms with Crippen molar-refractivity contribution in [1.82, 2.24) is 4.90 Å². The van der Waals surface area contributed by atoms with E-state index < -0.39 is 23.9 Å². The molecule has 6 nitrogen and oxygen atoms in total. The number of hydrogen-bond acceptors (Lipinski definition) is 4. The molecule has 2 N–H and O–H groups in total. The number of allylic oxidation sites excluding steroid dienone is 4. The number of nitrogens with zero attached hydrogens (tertiary/aromatic N) is 2. The van der Waals surface area contributed by atoms with Crippen LogP contribution in [0, 0.1) is 0 Å². The summed E-state index contributed by atoms with van der Waals surface area (Å²) in [4.78, 5) is 27.4. The number of hydrogen-bond donors (Lipinski definition) is 1. The molecular weight excluding hydrogens is 399 g/mol. The van der Waals surface area contributed by atoms with E-state index in [9.17, 15) is 22.8 Å². The van der Waals surface area contributed by atoms with Gasteiger partial charge in [-0.1, -0.05) is 43.0 Å². The quantitative estimate of drug-likeness (QED) is 0.682. The van der Waals surface area contributed by atoms with Crippen LogP contribution < -0.4 is 10.6 Å². The highest BCUT2D eigenvalue weighted by atomic mass is 19.4. The summed E-state index contributed by atoms with van der Waals surface area (Å²) in [5.74, 6) is -0.333. The Labute approximate surface area is 173 Å². The molecule has 0 aromatic heterocycles. The van der Waals surface area contributed by atoms with Crippen LogP contribution in [0.3, 0.4) is 0 Å². The number of carbonyl (C=O) groups is 2. The first kappa shape index (κ1) is 23.1. The summed E-state index contributed by atoms with van der Waals surface area (Å²) in [5, 5.41) is 0. The average molecular weight is 423 g/mol. The highest BCUT2D eigenvalue weighted by Crippen LogP contribution is 2.27. The van der Waals surface area contributed by atoms with Gasteiger partial charge in [-0.15, -0.1) is 0 Å². The zero-order valence-corrected chi connectivity index (χ0v) is 16.3. The summed E-state index contributed by atoms with van der Waals surface area (Å²) in [7, 11) is 0. The zero-order chi connectivity index (χ0) is 22.1.